The van der Waals surface area contributed by atoms with Crippen LogP contribution in [-0.2, 0) is 11.3 Å². The van der Waals surface area contributed by atoms with Gasteiger partial charge in [-0.2, -0.15) is 0 Å². The average Bonchev–Trinajstić information content (AvgIpc) is 2.97. The van der Waals surface area contributed by atoms with E-state index in [9.17, 15) is 9.18 Å². The molecular weight excluding hydrogens is 309 g/mol. The third-order valence-electron chi connectivity index (χ3n) is 3.16. The highest BCUT2D eigenvalue weighted by atomic mass is 35.5. The molecule has 22 heavy (non-hydrogen) atoms. The van der Waals surface area contributed by atoms with Crippen molar-refractivity contribution in [1.82, 2.24) is 9.38 Å². The number of nitrogens with zero attached hydrogens (tertiary/aromatic N) is 2. The number of carbonyl (C=O) groups is 1. The molecule has 3 rings (SSSR count). The topological polar surface area (TPSA) is 55.6 Å². The second kappa shape index (κ2) is 6.03. The van der Waals surface area contributed by atoms with Crippen molar-refractivity contribution < 1.29 is 13.9 Å². The highest BCUT2D eigenvalue weighted by Gasteiger charge is 2.10. The van der Waals surface area contributed by atoms with Crippen LogP contribution in [0, 0.1) is 5.82 Å². The highest BCUT2D eigenvalue weighted by molar-refractivity contribution is 6.30. The second-order valence-electron chi connectivity index (χ2n) is 4.51. The van der Waals surface area contributed by atoms with Crippen molar-refractivity contribution in [3.8, 4) is 5.88 Å². The number of pyridine rings is 1. The first-order chi connectivity index (χ1) is 10.7. The Balaban J connectivity index is 1.89. The molecule has 0 aliphatic heterocycles. The van der Waals surface area contributed by atoms with Crippen molar-refractivity contribution in [3.05, 3.63) is 59.1 Å². The van der Waals surface area contributed by atoms with Gasteiger partial charge in [0.2, 0.25) is 5.88 Å². The zero-order valence-corrected chi connectivity index (χ0v) is 12.0. The lowest BCUT2D eigenvalue weighted by atomic mass is 10.2. The van der Waals surface area contributed by atoms with Crippen LogP contribution in [0.4, 0.5) is 10.1 Å². The lowest BCUT2D eigenvalue weighted by molar-refractivity contribution is -0.120. The molecule has 0 aliphatic rings. The first-order valence-electron chi connectivity index (χ1n) is 6.43. The monoisotopic (exact) mass is 319 g/mol. The van der Waals surface area contributed by atoms with Gasteiger partial charge in [0.15, 0.2) is 0 Å². The normalized spacial score (nSPS) is 10.6. The van der Waals surface area contributed by atoms with Gasteiger partial charge >= 0.3 is 0 Å². The van der Waals surface area contributed by atoms with Crippen LogP contribution in [0.25, 0.3) is 5.65 Å². The SMILES string of the molecule is O=COc1c(NCc2ccc(Cl)cc2F)ccc2nccn12. The van der Waals surface area contributed by atoms with Crippen LogP contribution in [0.1, 0.15) is 5.56 Å². The molecule has 0 aliphatic carbocycles. The van der Waals surface area contributed by atoms with Gasteiger partial charge in [0.1, 0.15) is 11.5 Å². The molecule has 0 spiro atoms. The number of rotatable bonds is 5. The number of hydrogen-bond acceptors (Lipinski definition) is 4. The third-order valence-corrected chi connectivity index (χ3v) is 3.40. The number of nitrogens with one attached hydrogen (secondary N) is 1. The van der Waals surface area contributed by atoms with Crippen LogP contribution in [0.15, 0.2) is 42.7 Å². The van der Waals surface area contributed by atoms with E-state index in [-0.39, 0.29) is 6.54 Å². The molecule has 0 saturated heterocycles. The molecule has 1 aromatic carbocycles. The summed E-state index contributed by atoms with van der Waals surface area (Å²) in [6, 6.07) is 7.94. The van der Waals surface area contributed by atoms with Crippen LogP contribution in [0.5, 0.6) is 5.88 Å². The molecule has 1 N–H and O–H groups in total. The molecule has 0 fully saturated rings. The largest absolute Gasteiger partial charge is 0.409 e. The van der Waals surface area contributed by atoms with Gasteiger partial charge in [-0.05, 0) is 24.3 Å². The van der Waals surface area contributed by atoms with Gasteiger partial charge in [0.05, 0.1) is 5.69 Å². The molecule has 3 aromatic rings. The van der Waals surface area contributed by atoms with Gasteiger partial charge < -0.3 is 10.1 Å². The number of benzene rings is 1. The fourth-order valence-corrected chi connectivity index (χ4v) is 2.28. The number of anilines is 1. The standard InChI is InChI=1S/C15H11ClFN3O2/c16-11-2-1-10(12(17)7-11)8-19-13-3-4-14-18-5-6-20(14)15(13)22-9-21/h1-7,9,19H,8H2. The third kappa shape index (κ3) is 2.73. The van der Waals surface area contributed by atoms with E-state index in [2.05, 4.69) is 10.3 Å². The predicted octanol–water partition coefficient (Wildman–Crippen LogP) is 3.27. The average molecular weight is 320 g/mol. The van der Waals surface area contributed by atoms with Crippen LogP contribution in [-0.4, -0.2) is 15.9 Å². The zero-order valence-electron chi connectivity index (χ0n) is 11.3. The summed E-state index contributed by atoms with van der Waals surface area (Å²) in [7, 11) is 0. The molecule has 7 heteroatoms. The van der Waals surface area contributed by atoms with E-state index in [0.717, 1.165) is 0 Å². The van der Waals surface area contributed by atoms with E-state index in [1.165, 1.54) is 6.07 Å². The summed E-state index contributed by atoms with van der Waals surface area (Å²) in [6.45, 7) is 0.557. The lowest BCUT2D eigenvalue weighted by Crippen LogP contribution is -2.06. The molecule has 0 bridgehead atoms. The van der Waals surface area contributed by atoms with E-state index in [0.29, 0.717) is 34.3 Å². The van der Waals surface area contributed by atoms with Gasteiger partial charge in [-0.15, -0.1) is 0 Å². The summed E-state index contributed by atoms with van der Waals surface area (Å²) in [5, 5.41) is 3.38. The fourth-order valence-electron chi connectivity index (χ4n) is 2.12. The maximum absolute atomic E-state index is 13.8. The van der Waals surface area contributed by atoms with Gasteiger partial charge in [-0.3, -0.25) is 9.20 Å². The Morgan fingerprint density at radius 2 is 2.23 bits per heavy atom. The maximum atomic E-state index is 13.8. The molecule has 0 amide bonds. The summed E-state index contributed by atoms with van der Waals surface area (Å²) in [4.78, 5) is 14.8. The van der Waals surface area contributed by atoms with E-state index < -0.39 is 5.82 Å². The first-order valence-corrected chi connectivity index (χ1v) is 6.81. The Kier molecular flexibility index (Phi) is 3.93. The number of aromatic nitrogens is 2. The van der Waals surface area contributed by atoms with Gasteiger partial charge in [-0.1, -0.05) is 17.7 Å². The Hall–Kier alpha value is -2.60. The predicted molar refractivity (Wildman–Crippen MR) is 80.6 cm³/mol. The smallest absolute Gasteiger partial charge is 0.299 e. The molecule has 5 nitrogen and oxygen atoms in total. The summed E-state index contributed by atoms with van der Waals surface area (Å²) in [6.07, 6.45) is 3.26. The Bertz CT molecular complexity index is 835. The highest BCUT2D eigenvalue weighted by Crippen LogP contribution is 2.26. The number of ether oxygens (including phenoxy) is 1. The van der Waals surface area contributed by atoms with Crippen molar-refractivity contribution >= 4 is 29.4 Å². The molecule has 0 saturated carbocycles. The Labute approximate surface area is 130 Å². The molecule has 2 aromatic heterocycles. The summed E-state index contributed by atoms with van der Waals surface area (Å²) >= 11 is 5.72. The summed E-state index contributed by atoms with van der Waals surface area (Å²) in [5.74, 6) is -0.110. The minimum absolute atomic E-state index is 0.221. The van der Waals surface area contributed by atoms with Crippen molar-refractivity contribution in [2.24, 2.45) is 0 Å². The van der Waals surface area contributed by atoms with Crippen molar-refractivity contribution in [2.45, 2.75) is 6.54 Å². The minimum Gasteiger partial charge on any atom is -0.409 e. The van der Waals surface area contributed by atoms with E-state index in [1.807, 2.05) is 0 Å². The number of hydrogen-bond donors (Lipinski definition) is 1. The molecule has 112 valence electrons. The molecule has 0 radical (unpaired) electrons. The Morgan fingerprint density at radius 1 is 1.36 bits per heavy atom. The lowest BCUT2D eigenvalue weighted by Gasteiger charge is -2.12. The maximum Gasteiger partial charge on any atom is 0.299 e. The first kappa shape index (κ1) is 14.3. The van der Waals surface area contributed by atoms with E-state index in [4.69, 9.17) is 16.3 Å². The van der Waals surface area contributed by atoms with Gasteiger partial charge in [0.25, 0.3) is 6.47 Å². The van der Waals surface area contributed by atoms with Gasteiger partial charge in [-0.25, -0.2) is 9.37 Å². The summed E-state index contributed by atoms with van der Waals surface area (Å²) < 4.78 is 20.4. The van der Waals surface area contributed by atoms with Gasteiger partial charge in [0, 0.05) is 29.5 Å². The van der Waals surface area contributed by atoms with E-state index >= 15 is 0 Å². The molecule has 2 heterocycles. The summed E-state index contributed by atoms with van der Waals surface area (Å²) in [5.41, 5.74) is 1.64. The fraction of sp³-hybridized carbons (Fsp3) is 0.0667. The zero-order chi connectivity index (χ0) is 15.5. The Morgan fingerprint density at radius 3 is 3.00 bits per heavy atom. The number of carbonyl (C=O) groups excluding carboxylic acids is 1. The molecular formula is C15H11ClFN3O2. The van der Waals surface area contributed by atoms with Crippen LogP contribution >= 0.6 is 11.6 Å². The quantitative estimate of drug-likeness (QED) is 0.733. The molecule has 0 atom stereocenters. The van der Waals surface area contributed by atoms with Crippen LogP contribution in [0.3, 0.4) is 0 Å². The molecule has 0 unspecified atom stereocenters. The van der Waals surface area contributed by atoms with Crippen LogP contribution < -0.4 is 10.1 Å². The van der Waals surface area contributed by atoms with E-state index in [1.54, 1.807) is 41.1 Å². The number of imidazole rings is 1. The van der Waals surface area contributed by atoms with Crippen LogP contribution in [0.2, 0.25) is 5.02 Å². The number of halogens is 2. The number of fused-ring (bicyclic) bond motifs is 1. The van der Waals surface area contributed by atoms with Crippen molar-refractivity contribution in [3.63, 3.8) is 0 Å². The van der Waals surface area contributed by atoms with Crippen molar-refractivity contribution in [1.29, 1.82) is 0 Å². The van der Waals surface area contributed by atoms with Crippen molar-refractivity contribution in [2.75, 3.05) is 5.32 Å². The second-order valence-corrected chi connectivity index (χ2v) is 4.95. The minimum atomic E-state index is -0.401.